The third-order valence-corrected chi connectivity index (χ3v) is 3.79. The van der Waals surface area contributed by atoms with E-state index in [1.54, 1.807) is 11.6 Å². The predicted octanol–water partition coefficient (Wildman–Crippen LogP) is 3.52. The third kappa shape index (κ3) is 3.06. The van der Waals surface area contributed by atoms with Crippen LogP contribution in [0.2, 0.25) is 5.02 Å². The van der Waals surface area contributed by atoms with Crippen LogP contribution in [0.15, 0.2) is 12.1 Å². The van der Waals surface area contributed by atoms with Crippen molar-refractivity contribution in [3.05, 3.63) is 51.6 Å². The average Bonchev–Trinajstić information content (AvgIpc) is 2.71. The van der Waals surface area contributed by atoms with Crippen molar-refractivity contribution in [3.63, 3.8) is 0 Å². The van der Waals surface area contributed by atoms with Crippen molar-refractivity contribution in [1.29, 1.82) is 0 Å². The highest BCUT2D eigenvalue weighted by atomic mass is 35.5. The summed E-state index contributed by atoms with van der Waals surface area (Å²) < 4.78 is 41.2. The van der Waals surface area contributed by atoms with E-state index in [1.165, 1.54) is 0 Å². The Balaban J connectivity index is 2.32. The third-order valence-electron chi connectivity index (χ3n) is 3.30. The summed E-state index contributed by atoms with van der Waals surface area (Å²) in [5, 5.41) is 4.73. The first-order valence-electron chi connectivity index (χ1n) is 6.46. The minimum Gasteiger partial charge on any atom is -0.324 e. The summed E-state index contributed by atoms with van der Waals surface area (Å²) in [5.74, 6) is -4.02. The van der Waals surface area contributed by atoms with Gasteiger partial charge in [0.2, 0.25) is 0 Å². The molecule has 0 bridgehead atoms. The van der Waals surface area contributed by atoms with Crippen LogP contribution in [0.25, 0.3) is 0 Å². The van der Waals surface area contributed by atoms with Gasteiger partial charge in [-0.05, 0) is 31.5 Å². The summed E-state index contributed by atoms with van der Waals surface area (Å²) in [6.45, 7) is 4.26. The molecule has 0 amide bonds. The van der Waals surface area contributed by atoms with Crippen LogP contribution in [0, 0.1) is 24.4 Å². The number of hydrogen-bond donors (Lipinski definition) is 1. The number of hydrogen-bond acceptors (Lipinski definition) is 2. The van der Waals surface area contributed by atoms with Gasteiger partial charge in [-0.2, -0.15) is 5.10 Å². The van der Waals surface area contributed by atoms with Crippen molar-refractivity contribution >= 4 is 11.6 Å². The number of halogens is 4. The summed E-state index contributed by atoms with van der Waals surface area (Å²) >= 11 is 6.16. The molecule has 2 aromatic rings. The van der Waals surface area contributed by atoms with Crippen LogP contribution >= 0.6 is 11.6 Å². The fourth-order valence-corrected chi connectivity index (χ4v) is 2.39. The zero-order valence-electron chi connectivity index (χ0n) is 11.6. The molecule has 0 saturated heterocycles. The van der Waals surface area contributed by atoms with E-state index in [4.69, 9.17) is 17.3 Å². The lowest BCUT2D eigenvalue weighted by molar-refractivity contribution is 0.443. The Hall–Kier alpha value is -1.53. The van der Waals surface area contributed by atoms with E-state index < -0.39 is 23.5 Å². The summed E-state index contributed by atoms with van der Waals surface area (Å²) in [6.07, 6.45) is 0.248. The van der Waals surface area contributed by atoms with Crippen molar-refractivity contribution in [2.75, 3.05) is 0 Å². The Kier molecular flexibility index (Phi) is 4.58. The number of aromatic nitrogens is 2. The van der Waals surface area contributed by atoms with Gasteiger partial charge in [0.1, 0.15) is 0 Å². The minimum atomic E-state index is -1.50. The second-order valence-corrected chi connectivity index (χ2v) is 5.15. The second-order valence-electron chi connectivity index (χ2n) is 4.77. The Morgan fingerprint density at radius 2 is 1.86 bits per heavy atom. The van der Waals surface area contributed by atoms with Crippen molar-refractivity contribution in [2.24, 2.45) is 5.73 Å². The zero-order chi connectivity index (χ0) is 15.7. The molecule has 0 aliphatic carbocycles. The van der Waals surface area contributed by atoms with E-state index in [0.29, 0.717) is 23.0 Å². The first kappa shape index (κ1) is 15.9. The van der Waals surface area contributed by atoms with Crippen LogP contribution in [0.1, 0.15) is 29.9 Å². The molecule has 0 saturated carbocycles. The van der Waals surface area contributed by atoms with Crippen LogP contribution in [0.4, 0.5) is 13.2 Å². The van der Waals surface area contributed by atoms with Crippen LogP contribution < -0.4 is 5.73 Å². The van der Waals surface area contributed by atoms with Crippen LogP contribution in [-0.2, 0) is 13.0 Å². The summed E-state index contributed by atoms with van der Waals surface area (Å²) in [7, 11) is 0. The van der Waals surface area contributed by atoms with Gasteiger partial charge in [0.15, 0.2) is 17.5 Å². The number of benzene rings is 1. The molecule has 21 heavy (non-hydrogen) atoms. The Morgan fingerprint density at radius 3 is 2.38 bits per heavy atom. The highest BCUT2D eigenvalue weighted by Crippen LogP contribution is 2.26. The van der Waals surface area contributed by atoms with Crippen LogP contribution in [0.5, 0.6) is 0 Å². The molecule has 0 aliphatic rings. The molecule has 2 rings (SSSR count). The van der Waals surface area contributed by atoms with Crippen molar-refractivity contribution in [3.8, 4) is 0 Å². The van der Waals surface area contributed by atoms with Crippen molar-refractivity contribution < 1.29 is 13.2 Å². The summed E-state index contributed by atoms with van der Waals surface area (Å²) in [6, 6.07) is 1.08. The number of rotatable bonds is 4. The van der Waals surface area contributed by atoms with Crippen molar-refractivity contribution in [2.45, 2.75) is 32.9 Å². The van der Waals surface area contributed by atoms with Gasteiger partial charge in [0, 0.05) is 19.0 Å². The normalized spacial score (nSPS) is 12.7. The average molecular weight is 318 g/mol. The van der Waals surface area contributed by atoms with E-state index in [1.807, 2.05) is 6.92 Å². The molecule has 0 spiro atoms. The van der Waals surface area contributed by atoms with Crippen LogP contribution in [-0.4, -0.2) is 9.78 Å². The van der Waals surface area contributed by atoms with E-state index in [-0.39, 0.29) is 12.0 Å². The molecule has 7 heteroatoms. The SMILES string of the molecule is CCn1nc(C)c(Cl)c1CC(N)c1cc(F)c(F)c(F)c1. The van der Waals surface area contributed by atoms with Gasteiger partial charge in [0.05, 0.1) is 16.4 Å². The summed E-state index contributed by atoms with van der Waals surface area (Å²) in [5.41, 5.74) is 7.48. The fraction of sp³-hybridized carbons (Fsp3) is 0.357. The van der Waals surface area contributed by atoms with Gasteiger partial charge in [0.25, 0.3) is 0 Å². The van der Waals surface area contributed by atoms with Gasteiger partial charge in [-0.3, -0.25) is 4.68 Å². The standard InChI is InChI=1S/C14H15ClF3N3/c1-3-21-12(13(15)7(2)20-21)6-11(19)8-4-9(16)14(18)10(17)5-8/h4-5,11H,3,6,19H2,1-2H3. The minimum absolute atomic E-state index is 0.170. The first-order chi connectivity index (χ1) is 9.85. The molecule has 1 atom stereocenters. The molecule has 0 aliphatic heterocycles. The topological polar surface area (TPSA) is 43.8 Å². The predicted molar refractivity (Wildman–Crippen MR) is 74.6 cm³/mol. The van der Waals surface area contributed by atoms with E-state index in [0.717, 1.165) is 12.1 Å². The lowest BCUT2D eigenvalue weighted by atomic mass is 10.0. The molecule has 1 aromatic heterocycles. The Bertz CT molecular complexity index is 647. The molecular weight excluding hydrogens is 303 g/mol. The Labute approximate surface area is 125 Å². The molecule has 1 heterocycles. The molecule has 0 fully saturated rings. The molecule has 1 unspecified atom stereocenters. The molecule has 2 N–H and O–H groups in total. The maximum Gasteiger partial charge on any atom is 0.194 e. The zero-order valence-corrected chi connectivity index (χ0v) is 12.4. The quantitative estimate of drug-likeness (QED) is 0.877. The van der Waals surface area contributed by atoms with Gasteiger partial charge >= 0.3 is 0 Å². The fourth-order valence-electron chi connectivity index (χ4n) is 2.18. The number of nitrogens with two attached hydrogens (primary N) is 1. The Morgan fingerprint density at radius 1 is 1.29 bits per heavy atom. The van der Waals surface area contributed by atoms with Gasteiger partial charge in [-0.15, -0.1) is 0 Å². The maximum atomic E-state index is 13.3. The van der Waals surface area contributed by atoms with E-state index >= 15 is 0 Å². The van der Waals surface area contributed by atoms with E-state index in [9.17, 15) is 13.2 Å². The second kappa shape index (κ2) is 6.07. The maximum absolute atomic E-state index is 13.3. The molecule has 3 nitrogen and oxygen atoms in total. The number of nitrogens with zero attached hydrogens (tertiary/aromatic N) is 2. The largest absolute Gasteiger partial charge is 0.324 e. The molecule has 114 valence electrons. The highest BCUT2D eigenvalue weighted by Gasteiger charge is 2.19. The molecular formula is C14H15ClF3N3. The summed E-state index contributed by atoms with van der Waals surface area (Å²) in [4.78, 5) is 0. The van der Waals surface area contributed by atoms with Gasteiger partial charge < -0.3 is 5.73 Å². The smallest absolute Gasteiger partial charge is 0.194 e. The first-order valence-corrected chi connectivity index (χ1v) is 6.84. The van der Waals surface area contributed by atoms with Gasteiger partial charge in [-0.1, -0.05) is 11.6 Å². The monoisotopic (exact) mass is 317 g/mol. The van der Waals surface area contributed by atoms with E-state index in [2.05, 4.69) is 5.10 Å². The highest BCUT2D eigenvalue weighted by molar-refractivity contribution is 6.31. The molecule has 0 radical (unpaired) electrons. The van der Waals surface area contributed by atoms with Gasteiger partial charge in [-0.25, -0.2) is 13.2 Å². The number of aryl methyl sites for hydroxylation is 2. The molecule has 1 aromatic carbocycles. The lowest BCUT2D eigenvalue weighted by Crippen LogP contribution is -2.17. The lowest BCUT2D eigenvalue weighted by Gasteiger charge is -2.14. The van der Waals surface area contributed by atoms with Crippen LogP contribution in [0.3, 0.4) is 0 Å². The van der Waals surface area contributed by atoms with Crippen molar-refractivity contribution in [1.82, 2.24) is 9.78 Å².